The fourth-order valence-electron chi connectivity index (χ4n) is 3.85. The van der Waals surface area contributed by atoms with Crippen molar-refractivity contribution < 1.29 is 38.1 Å². The number of ether oxygens (including phenoxy) is 2. The molecular formula is C26H33F2N5O6. The summed E-state index contributed by atoms with van der Waals surface area (Å²) in [5, 5.41) is 29.5. The summed E-state index contributed by atoms with van der Waals surface area (Å²) in [5.74, 6) is -3.06. The lowest BCUT2D eigenvalue weighted by molar-refractivity contribution is 0.0503. The van der Waals surface area contributed by atoms with Gasteiger partial charge in [-0.15, -0.1) is 0 Å². The number of hydrogen-bond acceptors (Lipinski definition) is 8. The van der Waals surface area contributed by atoms with Gasteiger partial charge in [0.25, 0.3) is 0 Å². The second-order valence-corrected chi connectivity index (χ2v) is 10.3. The highest BCUT2D eigenvalue weighted by Crippen LogP contribution is 2.35. The minimum Gasteiger partial charge on any atom is -0.488 e. The Bertz CT molecular complexity index is 1370. The zero-order valence-corrected chi connectivity index (χ0v) is 22.6. The summed E-state index contributed by atoms with van der Waals surface area (Å²) in [6.45, 7) is 9.48. The third kappa shape index (κ3) is 6.91. The van der Waals surface area contributed by atoms with E-state index in [2.05, 4.69) is 20.7 Å². The third-order valence-electron chi connectivity index (χ3n) is 5.70. The van der Waals surface area contributed by atoms with Crippen molar-refractivity contribution in [2.24, 2.45) is 0 Å². The highest BCUT2D eigenvalue weighted by atomic mass is 19.1. The van der Waals surface area contributed by atoms with E-state index in [-0.39, 0.29) is 40.6 Å². The summed E-state index contributed by atoms with van der Waals surface area (Å²) in [5.41, 5.74) is -1.89. The molecule has 13 heteroatoms. The molecule has 0 spiro atoms. The largest absolute Gasteiger partial charge is 0.488 e. The van der Waals surface area contributed by atoms with Crippen molar-refractivity contribution in [3.63, 3.8) is 0 Å². The second-order valence-electron chi connectivity index (χ2n) is 10.3. The lowest BCUT2D eigenvalue weighted by Crippen LogP contribution is -2.39. The van der Waals surface area contributed by atoms with Crippen molar-refractivity contribution in [2.75, 3.05) is 18.5 Å². The molecule has 0 aliphatic rings. The van der Waals surface area contributed by atoms with E-state index in [0.29, 0.717) is 6.42 Å². The molecule has 39 heavy (non-hydrogen) atoms. The summed E-state index contributed by atoms with van der Waals surface area (Å²) >= 11 is 0. The van der Waals surface area contributed by atoms with Gasteiger partial charge in [-0.1, -0.05) is 6.92 Å². The maximum Gasteiger partial charge on any atom is 0.407 e. The number of halogens is 2. The highest BCUT2D eigenvalue weighted by Gasteiger charge is 2.32. The van der Waals surface area contributed by atoms with Gasteiger partial charge in [-0.3, -0.25) is 0 Å². The number of nitrogens with zero attached hydrogens (tertiary/aromatic N) is 3. The Hall–Kier alpha value is -4.00. The number of aromatic carboxylic acids is 1. The van der Waals surface area contributed by atoms with Crippen LogP contribution >= 0.6 is 0 Å². The molecule has 212 valence electrons. The zero-order chi connectivity index (χ0) is 29.1. The van der Waals surface area contributed by atoms with Gasteiger partial charge in [-0.05, 0) is 53.2 Å². The van der Waals surface area contributed by atoms with Gasteiger partial charge in [-0.25, -0.2) is 27.9 Å². The molecule has 2 aromatic heterocycles. The molecule has 2 heterocycles. The molecule has 0 bridgehead atoms. The molecule has 11 nitrogen and oxygen atoms in total. The summed E-state index contributed by atoms with van der Waals surface area (Å²) in [7, 11) is 0. The van der Waals surface area contributed by atoms with Crippen LogP contribution < -0.4 is 15.4 Å². The number of aliphatic hydroxyl groups is 1. The average Bonchev–Trinajstić information content (AvgIpc) is 3.19. The number of carbonyl (C=O) groups is 2. The van der Waals surface area contributed by atoms with Crippen LogP contribution in [0.2, 0.25) is 0 Å². The number of carboxylic acids is 1. The Labute approximate surface area is 224 Å². The summed E-state index contributed by atoms with van der Waals surface area (Å²) < 4.78 is 41.4. The van der Waals surface area contributed by atoms with Gasteiger partial charge in [0, 0.05) is 11.6 Å². The number of fused-ring (bicyclic) bond motifs is 1. The van der Waals surface area contributed by atoms with Crippen molar-refractivity contribution in [1.29, 1.82) is 0 Å². The molecule has 2 unspecified atom stereocenters. The average molecular weight is 550 g/mol. The number of alkyl carbamates (subject to hydrolysis) is 1. The lowest BCUT2D eigenvalue weighted by atomic mass is 9.91. The summed E-state index contributed by atoms with van der Waals surface area (Å²) in [4.78, 5) is 28.0. The van der Waals surface area contributed by atoms with Crippen molar-refractivity contribution >= 4 is 23.5 Å². The van der Waals surface area contributed by atoms with Crippen LogP contribution in [0, 0.1) is 11.6 Å². The molecule has 3 rings (SSSR count). The van der Waals surface area contributed by atoms with Crippen LogP contribution in [-0.4, -0.2) is 61.7 Å². The number of hydrogen-bond donors (Lipinski definition) is 4. The van der Waals surface area contributed by atoms with Gasteiger partial charge in [0.05, 0.1) is 30.6 Å². The Morgan fingerprint density at radius 3 is 2.49 bits per heavy atom. The normalized spacial score (nSPS) is 14.0. The van der Waals surface area contributed by atoms with Gasteiger partial charge >= 0.3 is 12.1 Å². The topological polar surface area (TPSA) is 147 Å². The number of nitrogens with one attached hydrogen (secondary N) is 2. The molecule has 0 fully saturated rings. The molecule has 3 aromatic rings. The van der Waals surface area contributed by atoms with E-state index >= 15 is 4.39 Å². The highest BCUT2D eigenvalue weighted by molar-refractivity contribution is 5.96. The van der Waals surface area contributed by atoms with E-state index in [0.717, 1.165) is 22.8 Å². The van der Waals surface area contributed by atoms with E-state index < -0.39 is 47.5 Å². The maximum absolute atomic E-state index is 15.1. The van der Waals surface area contributed by atoms with E-state index in [1.807, 2.05) is 0 Å². The SMILES string of the molecule is CCc1nn2cc(F)c(NC(C)(CO)c3ccc(F)cc3OC(C)CNC(=O)OC(C)(C)C)nc2c1C(=O)O. The number of anilines is 1. The molecule has 0 aliphatic carbocycles. The molecule has 0 aliphatic heterocycles. The molecule has 0 saturated heterocycles. The number of aromatic nitrogens is 3. The van der Waals surface area contributed by atoms with Crippen molar-refractivity contribution in [3.05, 3.63) is 52.9 Å². The van der Waals surface area contributed by atoms with Gasteiger partial charge in [0.15, 0.2) is 17.3 Å². The van der Waals surface area contributed by atoms with Crippen molar-refractivity contribution in [3.8, 4) is 5.75 Å². The van der Waals surface area contributed by atoms with Crippen molar-refractivity contribution in [1.82, 2.24) is 19.9 Å². The first-order valence-electron chi connectivity index (χ1n) is 12.3. The number of rotatable bonds is 10. The van der Waals surface area contributed by atoms with Crippen LogP contribution in [0.25, 0.3) is 5.65 Å². The molecule has 2 atom stereocenters. The van der Waals surface area contributed by atoms with E-state index in [4.69, 9.17) is 9.47 Å². The molecular weight excluding hydrogens is 516 g/mol. The standard InChI is InChI=1S/C26H33F2N5O6/c1-7-18-20(23(35)36)22-30-21(17(28)12-33(22)32-18)31-26(6,13-34)16-9-8-15(27)10-19(16)38-14(2)11-29-24(37)39-25(3,4)5/h8-10,12,14,34H,7,11,13H2,1-6H3,(H,29,37)(H,30,31)(H,35,36). The van der Waals surface area contributed by atoms with E-state index in [1.165, 1.54) is 13.0 Å². The Morgan fingerprint density at radius 1 is 1.21 bits per heavy atom. The Balaban J connectivity index is 1.92. The van der Waals surface area contributed by atoms with Crippen LogP contribution in [0.1, 0.15) is 63.2 Å². The fraction of sp³-hybridized carbons (Fsp3) is 0.462. The number of carboxylic acid groups (broad SMARTS) is 1. The van der Waals surface area contributed by atoms with Gasteiger partial charge < -0.3 is 30.3 Å². The molecule has 0 radical (unpaired) electrons. The van der Waals surface area contributed by atoms with Gasteiger partial charge in [0.2, 0.25) is 0 Å². The first-order valence-corrected chi connectivity index (χ1v) is 12.3. The van der Waals surface area contributed by atoms with Crippen LogP contribution in [0.15, 0.2) is 24.4 Å². The van der Waals surface area contributed by atoms with Crippen LogP contribution in [0.5, 0.6) is 5.75 Å². The van der Waals surface area contributed by atoms with Gasteiger partial charge in [-0.2, -0.15) is 5.10 Å². The molecule has 1 aromatic carbocycles. The van der Waals surface area contributed by atoms with E-state index in [1.54, 1.807) is 34.6 Å². The predicted octanol–water partition coefficient (Wildman–Crippen LogP) is 3.88. The monoisotopic (exact) mass is 549 g/mol. The first kappa shape index (κ1) is 29.6. The van der Waals surface area contributed by atoms with Crippen LogP contribution in [0.4, 0.5) is 19.4 Å². The quantitative estimate of drug-likeness (QED) is 0.296. The van der Waals surface area contributed by atoms with Crippen molar-refractivity contribution in [2.45, 2.75) is 65.2 Å². The second kappa shape index (κ2) is 11.4. The minimum absolute atomic E-state index is 0.0277. The number of amides is 1. The zero-order valence-electron chi connectivity index (χ0n) is 22.6. The summed E-state index contributed by atoms with van der Waals surface area (Å²) in [6, 6.07) is 3.63. The Kier molecular flexibility index (Phi) is 8.64. The smallest absolute Gasteiger partial charge is 0.407 e. The lowest BCUT2D eigenvalue weighted by Gasteiger charge is -2.32. The summed E-state index contributed by atoms with van der Waals surface area (Å²) in [6.07, 6.45) is -0.0192. The molecule has 0 saturated carbocycles. The predicted molar refractivity (Wildman–Crippen MR) is 138 cm³/mol. The first-order chi connectivity index (χ1) is 18.2. The number of benzene rings is 1. The van der Waals surface area contributed by atoms with E-state index in [9.17, 15) is 24.2 Å². The Morgan fingerprint density at radius 2 is 1.90 bits per heavy atom. The molecule has 1 amide bonds. The number of carbonyl (C=O) groups excluding carboxylic acids is 1. The number of aryl methyl sites for hydroxylation is 1. The van der Waals surface area contributed by atoms with Gasteiger partial charge in [0.1, 0.15) is 28.8 Å². The fourth-order valence-corrected chi connectivity index (χ4v) is 3.85. The third-order valence-corrected chi connectivity index (χ3v) is 5.70. The number of aliphatic hydroxyl groups excluding tert-OH is 1. The maximum atomic E-state index is 15.1. The molecule has 4 N–H and O–H groups in total. The van der Waals surface area contributed by atoms with Crippen LogP contribution in [-0.2, 0) is 16.7 Å². The minimum atomic E-state index is -1.45. The van der Waals surface area contributed by atoms with Crippen LogP contribution in [0.3, 0.4) is 0 Å².